The molecular weight excluding hydrogens is 274 g/mol. The first-order valence-corrected chi connectivity index (χ1v) is 7.52. The topological polar surface area (TPSA) is 54.4 Å². The fourth-order valence-electron chi connectivity index (χ4n) is 2.95. The Morgan fingerprint density at radius 2 is 2.14 bits per heavy atom. The van der Waals surface area contributed by atoms with Crippen molar-refractivity contribution >= 4 is 11.6 Å². The molecule has 22 heavy (non-hydrogen) atoms. The number of nitrogens with zero attached hydrogens (tertiary/aromatic N) is 2. The van der Waals surface area contributed by atoms with Crippen molar-refractivity contribution in [1.82, 2.24) is 10.4 Å². The molecule has 0 atom stereocenters. The maximum atomic E-state index is 12.1. The Hall–Kier alpha value is -2.49. The lowest BCUT2D eigenvalue weighted by Crippen LogP contribution is -2.22. The van der Waals surface area contributed by atoms with Gasteiger partial charge in [-0.05, 0) is 62.4 Å². The Balaban J connectivity index is 1.86. The van der Waals surface area contributed by atoms with Crippen LogP contribution in [0.4, 0.5) is 0 Å². The lowest BCUT2D eigenvalue weighted by atomic mass is 9.86. The summed E-state index contributed by atoms with van der Waals surface area (Å²) >= 11 is 0. The van der Waals surface area contributed by atoms with Gasteiger partial charge in [0.15, 0.2) is 0 Å². The van der Waals surface area contributed by atoms with Gasteiger partial charge in [0.25, 0.3) is 5.91 Å². The Labute approximate surface area is 130 Å². The summed E-state index contributed by atoms with van der Waals surface area (Å²) in [6.07, 6.45) is 6.23. The number of benzene rings is 1. The number of hydrogen-bond donors (Lipinski definition) is 1. The molecule has 1 aromatic carbocycles. The minimum atomic E-state index is -0.225. The number of nitrogens with one attached hydrogen (secondary N) is 1. The third kappa shape index (κ3) is 2.91. The zero-order valence-corrected chi connectivity index (χ0v) is 12.9. The second-order valence-corrected chi connectivity index (χ2v) is 5.70. The molecule has 1 N–H and O–H groups in total. The maximum absolute atomic E-state index is 12.1. The van der Waals surface area contributed by atoms with Crippen LogP contribution in [0, 0.1) is 13.8 Å². The molecule has 1 aliphatic rings. The van der Waals surface area contributed by atoms with Crippen LogP contribution in [-0.4, -0.2) is 16.6 Å². The summed E-state index contributed by atoms with van der Waals surface area (Å²) in [6, 6.07) is 7.84. The van der Waals surface area contributed by atoms with Gasteiger partial charge in [-0.15, -0.1) is 0 Å². The van der Waals surface area contributed by atoms with Gasteiger partial charge in [0.1, 0.15) is 0 Å². The first-order chi connectivity index (χ1) is 10.6. The molecule has 1 aromatic heterocycles. The van der Waals surface area contributed by atoms with Crippen molar-refractivity contribution in [2.75, 3.05) is 0 Å². The average molecular weight is 293 g/mol. The number of amides is 1. The number of carbonyl (C=O) groups is 1. The monoisotopic (exact) mass is 293 g/mol. The van der Waals surface area contributed by atoms with E-state index < -0.39 is 0 Å². The molecule has 2 aromatic rings. The average Bonchev–Trinajstić information content (AvgIpc) is 2.53. The van der Waals surface area contributed by atoms with Crippen LogP contribution in [0.5, 0.6) is 0 Å². The molecule has 4 nitrogen and oxygen atoms in total. The van der Waals surface area contributed by atoms with Gasteiger partial charge >= 0.3 is 0 Å². The van der Waals surface area contributed by atoms with Crippen molar-refractivity contribution in [1.29, 1.82) is 0 Å². The van der Waals surface area contributed by atoms with E-state index in [2.05, 4.69) is 41.5 Å². The molecule has 1 heterocycles. The Kier molecular flexibility index (Phi) is 4.00. The lowest BCUT2D eigenvalue weighted by Gasteiger charge is -2.20. The molecule has 0 spiro atoms. The van der Waals surface area contributed by atoms with E-state index in [0.29, 0.717) is 5.56 Å². The van der Waals surface area contributed by atoms with Crippen molar-refractivity contribution in [3.63, 3.8) is 0 Å². The molecule has 0 saturated heterocycles. The molecule has 0 unspecified atom stereocenters. The van der Waals surface area contributed by atoms with Crippen LogP contribution in [-0.2, 0) is 6.42 Å². The van der Waals surface area contributed by atoms with Gasteiger partial charge < -0.3 is 0 Å². The summed E-state index contributed by atoms with van der Waals surface area (Å²) in [6.45, 7) is 4.23. The minimum absolute atomic E-state index is 0.225. The van der Waals surface area contributed by atoms with Gasteiger partial charge in [-0.25, -0.2) is 5.43 Å². The van der Waals surface area contributed by atoms with E-state index >= 15 is 0 Å². The van der Waals surface area contributed by atoms with E-state index in [9.17, 15) is 4.79 Å². The summed E-state index contributed by atoms with van der Waals surface area (Å²) in [5.74, 6) is -0.225. The fourth-order valence-corrected chi connectivity index (χ4v) is 2.95. The number of carbonyl (C=O) groups excluding carboxylic acids is 1. The number of aromatic nitrogens is 1. The van der Waals surface area contributed by atoms with E-state index in [4.69, 9.17) is 0 Å². The van der Waals surface area contributed by atoms with Gasteiger partial charge in [0.2, 0.25) is 0 Å². The first-order valence-electron chi connectivity index (χ1n) is 7.52. The Morgan fingerprint density at radius 1 is 1.27 bits per heavy atom. The number of hydrazone groups is 1. The van der Waals surface area contributed by atoms with Crippen molar-refractivity contribution in [2.24, 2.45) is 5.10 Å². The first kappa shape index (κ1) is 14.4. The van der Waals surface area contributed by atoms with Crippen LogP contribution in [0.1, 0.15) is 45.5 Å². The summed E-state index contributed by atoms with van der Waals surface area (Å²) in [5, 5.41) is 4.37. The molecule has 1 amide bonds. The molecule has 3 rings (SSSR count). The third-order valence-electron chi connectivity index (χ3n) is 3.98. The summed E-state index contributed by atoms with van der Waals surface area (Å²) < 4.78 is 0. The lowest BCUT2D eigenvalue weighted by molar-refractivity contribution is 0.0954. The fraction of sp³-hybridized carbons (Fsp3) is 0.278. The van der Waals surface area contributed by atoms with Crippen LogP contribution in [0.2, 0.25) is 0 Å². The van der Waals surface area contributed by atoms with Gasteiger partial charge in [0, 0.05) is 18.0 Å². The van der Waals surface area contributed by atoms with E-state index in [1.54, 1.807) is 24.5 Å². The zero-order chi connectivity index (χ0) is 15.5. The van der Waals surface area contributed by atoms with Gasteiger partial charge in [0.05, 0.1) is 11.3 Å². The molecule has 0 bridgehead atoms. The molecule has 0 saturated carbocycles. The Bertz CT molecular complexity index is 735. The SMILES string of the molecule is Cc1cc(C)c2c(c1)C(=NNC(=O)c1cccnc1)CCC2. The normalized spacial score (nSPS) is 15.5. The largest absolute Gasteiger partial charge is 0.272 e. The van der Waals surface area contributed by atoms with Gasteiger partial charge in [-0.1, -0.05) is 11.6 Å². The number of hydrogen-bond acceptors (Lipinski definition) is 3. The molecule has 0 radical (unpaired) electrons. The van der Waals surface area contributed by atoms with Crippen LogP contribution >= 0.6 is 0 Å². The quantitative estimate of drug-likeness (QED) is 0.865. The smallest absolute Gasteiger partial charge is 0.267 e. The number of pyridine rings is 1. The molecule has 1 aliphatic carbocycles. The minimum Gasteiger partial charge on any atom is -0.267 e. The summed E-state index contributed by atoms with van der Waals surface area (Å²) in [5.41, 5.74) is 9.20. The van der Waals surface area contributed by atoms with Crippen molar-refractivity contribution < 1.29 is 4.79 Å². The predicted molar refractivity (Wildman–Crippen MR) is 87.1 cm³/mol. The summed E-state index contributed by atoms with van der Waals surface area (Å²) in [7, 11) is 0. The van der Waals surface area contributed by atoms with E-state index in [1.807, 2.05) is 0 Å². The van der Waals surface area contributed by atoms with Crippen LogP contribution in [0.25, 0.3) is 0 Å². The molecule has 112 valence electrons. The Morgan fingerprint density at radius 3 is 2.91 bits per heavy atom. The van der Waals surface area contributed by atoms with Gasteiger partial charge in [-0.3, -0.25) is 9.78 Å². The number of fused-ring (bicyclic) bond motifs is 1. The second kappa shape index (κ2) is 6.10. The molecular formula is C18H19N3O. The van der Waals surface area contributed by atoms with E-state index in [1.165, 1.54) is 22.3 Å². The highest BCUT2D eigenvalue weighted by molar-refractivity contribution is 6.04. The van der Waals surface area contributed by atoms with Gasteiger partial charge in [-0.2, -0.15) is 5.10 Å². The van der Waals surface area contributed by atoms with E-state index in [-0.39, 0.29) is 5.91 Å². The standard InChI is InChI=1S/C18H19N3O/c1-12-9-13(2)15-6-3-7-17(16(15)10-12)20-21-18(22)14-5-4-8-19-11-14/h4-5,8-11H,3,6-7H2,1-2H3,(H,21,22). The van der Waals surface area contributed by atoms with Crippen LogP contribution < -0.4 is 5.43 Å². The molecule has 4 heteroatoms. The third-order valence-corrected chi connectivity index (χ3v) is 3.98. The highest BCUT2D eigenvalue weighted by Gasteiger charge is 2.18. The molecule has 0 fully saturated rings. The highest BCUT2D eigenvalue weighted by Crippen LogP contribution is 2.26. The zero-order valence-electron chi connectivity index (χ0n) is 12.9. The van der Waals surface area contributed by atoms with Crippen molar-refractivity contribution in [3.8, 4) is 0 Å². The predicted octanol–water partition coefficient (Wildman–Crippen LogP) is 3.17. The maximum Gasteiger partial charge on any atom is 0.272 e. The van der Waals surface area contributed by atoms with E-state index in [0.717, 1.165) is 25.0 Å². The second-order valence-electron chi connectivity index (χ2n) is 5.70. The number of aryl methyl sites for hydroxylation is 2. The summed E-state index contributed by atoms with van der Waals surface area (Å²) in [4.78, 5) is 16.0. The van der Waals surface area contributed by atoms with Crippen molar-refractivity contribution in [3.05, 3.63) is 64.5 Å². The number of rotatable bonds is 2. The van der Waals surface area contributed by atoms with Crippen molar-refractivity contribution in [2.45, 2.75) is 33.1 Å². The highest BCUT2D eigenvalue weighted by atomic mass is 16.2. The molecule has 0 aliphatic heterocycles. The van der Waals surface area contributed by atoms with Crippen LogP contribution in [0.3, 0.4) is 0 Å². The van der Waals surface area contributed by atoms with Crippen LogP contribution in [0.15, 0.2) is 41.8 Å².